The Morgan fingerprint density at radius 1 is 1.37 bits per heavy atom. The lowest BCUT2D eigenvalue weighted by Gasteiger charge is -2.36. The molecule has 1 aromatic carbocycles. The molecular formula is C22H30FN5OS. The molecule has 0 spiro atoms. The van der Waals surface area contributed by atoms with Gasteiger partial charge in [0, 0.05) is 43.8 Å². The second-order valence-electron chi connectivity index (χ2n) is 7.75. The molecular weight excluding hydrogens is 401 g/mol. The van der Waals surface area contributed by atoms with Crippen molar-refractivity contribution in [1.82, 2.24) is 15.5 Å². The Bertz CT molecular complexity index is 868. The highest BCUT2D eigenvalue weighted by atomic mass is 32.1. The van der Waals surface area contributed by atoms with Crippen molar-refractivity contribution >= 4 is 28.9 Å². The highest BCUT2D eigenvalue weighted by Crippen LogP contribution is 2.24. The van der Waals surface area contributed by atoms with Gasteiger partial charge in [-0.15, -0.1) is 11.3 Å². The molecule has 0 bridgehead atoms. The fourth-order valence-electron chi connectivity index (χ4n) is 3.51. The van der Waals surface area contributed by atoms with Crippen molar-refractivity contribution in [2.24, 2.45) is 4.99 Å². The topological polar surface area (TPSA) is 60.0 Å². The zero-order chi connectivity index (χ0) is 21.5. The minimum Gasteiger partial charge on any atom is -0.369 e. The maximum Gasteiger partial charge on any atom is 0.243 e. The number of halogens is 1. The van der Waals surface area contributed by atoms with Gasteiger partial charge in [-0.05, 0) is 55.0 Å². The third-order valence-electron chi connectivity index (χ3n) is 5.14. The quantitative estimate of drug-likeness (QED) is 0.545. The van der Waals surface area contributed by atoms with Crippen LogP contribution in [-0.2, 0) is 11.3 Å². The molecule has 1 atom stereocenters. The molecule has 2 N–H and O–H groups in total. The van der Waals surface area contributed by atoms with E-state index in [1.807, 2.05) is 24.4 Å². The van der Waals surface area contributed by atoms with Gasteiger partial charge in [0.2, 0.25) is 5.91 Å². The first kappa shape index (κ1) is 22.1. The van der Waals surface area contributed by atoms with E-state index in [-0.39, 0.29) is 24.3 Å². The van der Waals surface area contributed by atoms with Crippen LogP contribution < -0.4 is 15.5 Å². The van der Waals surface area contributed by atoms with Gasteiger partial charge < -0.3 is 20.4 Å². The molecule has 1 aliphatic heterocycles. The Labute approximate surface area is 181 Å². The van der Waals surface area contributed by atoms with Gasteiger partial charge in [0.15, 0.2) is 5.96 Å². The number of aliphatic imine (C=N–C) groups is 1. The van der Waals surface area contributed by atoms with Crippen LogP contribution in [0, 0.1) is 12.7 Å². The van der Waals surface area contributed by atoms with Crippen LogP contribution in [0.4, 0.5) is 10.1 Å². The molecule has 1 amide bonds. The summed E-state index contributed by atoms with van der Waals surface area (Å²) in [6.45, 7) is 4.44. The standard InChI is InChI=1S/C22H30FN5OS/c1-16-12-17(23)8-9-20(16)28-10-4-6-18(15-28)26-22(25-14-21(29)27(2)3)24-13-19-7-5-11-30-19/h5,7-9,11-12,18H,4,6,10,13-15H2,1-3H3,(H2,24,25,26). The van der Waals surface area contributed by atoms with Crippen molar-refractivity contribution in [2.75, 3.05) is 38.6 Å². The van der Waals surface area contributed by atoms with Gasteiger partial charge in [0.05, 0.1) is 6.54 Å². The van der Waals surface area contributed by atoms with E-state index >= 15 is 0 Å². The molecule has 0 saturated carbocycles. The summed E-state index contributed by atoms with van der Waals surface area (Å²) in [5.41, 5.74) is 2.01. The van der Waals surface area contributed by atoms with Crippen molar-refractivity contribution in [3.05, 3.63) is 52.0 Å². The molecule has 2 heterocycles. The first-order chi connectivity index (χ1) is 14.4. The molecule has 6 nitrogen and oxygen atoms in total. The van der Waals surface area contributed by atoms with Gasteiger partial charge in [0.25, 0.3) is 0 Å². The number of amides is 1. The fraction of sp³-hybridized carbons (Fsp3) is 0.455. The van der Waals surface area contributed by atoms with Crippen LogP contribution in [0.25, 0.3) is 0 Å². The average molecular weight is 432 g/mol. The number of thiophene rings is 1. The van der Waals surface area contributed by atoms with Crippen LogP contribution in [0.1, 0.15) is 23.3 Å². The lowest BCUT2D eigenvalue weighted by Crippen LogP contribution is -2.51. The normalized spacial score (nSPS) is 17.0. The van der Waals surface area contributed by atoms with Crippen molar-refractivity contribution in [1.29, 1.82) is 0 Å². The Hall–Kier alpha value is -2.61. The average Bonchev–Trinajstić information content (AvgIpc) is 3.23. The highest BCUT2D eigenvalue weighted by Gasteiger charge is 2.22. The van der Waals surface area contributed by atoms with E-state index in [9.17, 15) is 9.18 Å². The van der Waals surface area contributed by atoms with Gasteiger partial charge in [-0.3, -0.25) is 4.79 Å². The number of nitrogens with zero attached hydrogens (tertiary/aromatic N) is 3. The molecule has 0 radical (unpaired) electrons. The molecule has 30 heavy (non-hydrogen) atoms. The van der Waals surface area contributed by atoms with Crippen molar-refractivity contribution in [2.45, 2.75) is 32.4 Å². The number of aryl methyl sites for hydroxylation is 1. The largest absolute Gasteiger partial charge is 0.369 e. The third kappa shape index (κ3) is 6.19. The summed E-state index contributed by atoms with van der Waals surface area (Å²) in [6.07, 6.45) is 2.04. The molecule has 1 saturated heterocycles. The minimum absolute atomic E-state index is 0.0422. The maximum atomic E-state index is 13.5. The van der Waals surface area contributed by atoms with Crippen LogP contribution in [0.5, 0.6) is 0 Å². The SMILES string of the molecule is Cc1cc(F)ccc1N1CCCC(NC(=NCC(=O)N(C)C)NCc2cccs2)C1. The number of rotatable bonds is 6. The van der Waals surface area contributed by atoms with E-state index in [1.165, 1.54) is 10.9 Å². The molecule has 1 fully saturated rings. The number of carbonyl (C=O) groups is 1. The van der Waals surface area contributed by atoms with E-state index in [4.69, 9.17) is 0 Å². The van der Waals surface area contributed by atoms with Crippen molar-refractivity contribution in [3.63, 3.8) is 0 Å². The lowest BCUT2D eigenvalue weighted by molar-refractivity contribution is -0.127. The molecule has 1 unspecified atom stereocenters. The number of likely N-dealkylation sites (N-methyl/N-ethyl adjacent to an activating group) is 1. The number of hydrogen-bond donors (Lipinski definition) is 2. The summed E-state index contributed by atoms with van der Waals surface area (Å²) in [6, 6.07) is 9.22. The van der Waals surface area contributed by atoms with Gasteiger partial charge in [0.1, 0.15) is 12.4 Å². The molecule has 162 valence electrons. The van der Waals surface area contributed by atoms with E-state index in [2.05, 4.69) is 26.6 Å². The summed E-state index contributed by atoms with van der Waals surface area (Å²) in [5, 5.41) is 8.89. The van der Waals surface area contributed by atoms with Gasteiger partial charge in [-0.25, -0.2) is 9.38 Å². The zero-order valence-electron chi connectivity index (χ0n) is 17.8. The molecule has 3 rings (SSSR count). The summed E-state index contributed by atoms with van der Waals surface area (Å²) in [7, 11) is 3.46. The highest BCUT2D eigenvalue weighted by molar-refractivity contribution is 7.09. The number of hydrogen-bond acceptors (Lipinski definition) is 4. The van der Waals surface area contributed by atoms with Crippen LogP contribution >= 0.6 is 11.3 Å². The van der Waals surface area contributed by atoms with Gasteiger partial charge >= 0.3 is 0 Å². The van der Waals surface area contributed by atoms with Crippen LogP contribution in [-0.4, -0.2) is 56.5 Å². The zero-order valence-corrected chi connectivity index (χ0v) is 18.6. The molecule has 8 heteroatoms. The van der Waals surface area contributed by atoms with E-state index < -0.39 is 0 Å². The minimum atomic E-state index is -0.208. The second kappa shape index (κ2) is 10.4. The molecule has 1 aliphatic rings. The third-order valence-corrected chi connectivity index (χ3v) is 6.02. The van der Waals surface area contributed by atoms with Crippen LogP contribution in [0.3, 0.4) is 0 Å². The Balaban J connectivity index is 1.67. The predicted octanol–water partition coefficient (Wildman–Crippen LogP) is 2.99. The summed E-state index contributed by atoms with van der Waals surface area (Å²) < 4.78 is 13.5. The number of anilines is 1. The molecule has 2 aromatic rings. The van der Waals surface area contributed by atoms with Crippen LogP contribution in [0.2, 0.25) is 0 Å². The number of piperidine rings is 1. The Kier molecular flexibility index (Phi) is 7.68. The summed E-state index contributed by atoms with van der Waals surface area (Å²) in [5.74, 6) is 0.390. The summed E-state index contributed by atoms with van der Waals surface area (Å²) in [4.78, 5) is 21.5. The van der Waals surface area contributed by atoms with Crippen molar-refractivity contribution < 1.29 is 9.18 Å². The number of nitrogens with one attached hydrogen (secondary N) is 2. The summed E-state index contributed by atoms with van der Waals surface area (Å²) >= 11 is 1.68. The van der Waals surface area contributed by atoms with E-state index in [0.717, 1.165) is 37.2 Å². The second-order valence-corrected chi connectivity index (χ2v) is 8.78. The fourth-order valence-corrected chi connectivity index (χ4v) is 4.15. The van der Waals surface area contributed by atoms with E-state index in [1.54, 1.807) is 36.4 Å². The van der Waals surface area contributed by atoms with Gasteiger partial charge in [-0.1, -0.05) is 6.07 Å². The van der Waals surface area contributed by atoms with Crippen LogP contribution in [0.15, 0.2) is 40.7 Å². The molecule has 0 aliphatic carbocycles. The predicted molar refractivity (Wildman–Crippen MR) is 122 cm³/mol. The first-order valence-corrected chi connectivity index (χ1v) is 11.1. The number of carbonyl (C=O) groups excluding carboxylic acids is 1. The number of guanidine groups is 1. The smallest absolute Gasteiger partial charge is 0.243 e. The van der Waals surface area contributed by atoms with Gasteiger partial charge in [-0.2, -0.15) is 0 Å². The Morgan fingerprint density at radius 3 is 2.90 bits per heavy atom. The van der Waals surface area contributed by atoms with E-state index in [0.29, 0.717) is 12.5 Å². The monoisotopic (exact) mass is 431 g/mol. The van der Waals surface area contributed by atoms with Crippen molar-refractivity contribution in [3.8, 4) is 0 Å². The number of benzene rings is 1. The maximum absolute atomic E-state index is 13.5. The first-order valence-electron chi connectivity index (χ1n) is 10.2. The molecule has 1 aromatic heterocycles. The lowest BCUT2D eigenvalue weighted by atomic mass is 10.0. The Morgan fingerprint density at radius 2 is 2.20 bits per heavy atom.